The average Bonchev–Trinajstić information content (AvgIpc) is 2.39. The van der Waals surface area contributed by atoms with Crippen LogP contribution in [0.1, 0.15) is 38.3 Å². The third-order valence-corrected chi connectivity index (χ3v) is 4.10. The zero-order valence-electron chi connectivity index (χ0n) is 12.2. The van der Waals surface area contributed by atoms with Gasteiger partial charge in [0.2, 0.25) is 5.91 Å². The first kappa shape index (κ1) is 14.1. The molecule has 0 aliphatic heterocycles. The van der Waals surface area contributed by atoms with E-state index in [1.54, 1.807) is 6.92 Å². The molecule has 2 rings (SSSR count). The number of amides is 1. The summed E-state index contributed by atoms with van der Waals surface area (Å²) in [6.07, 6.45) is 3.35. The van der Waals surface area contributed by atoms with E-state index >= 15 is 0 Å². The Morgan fingerprint density at radius 1 is 1.37 bits per heavy atom. The van der Waals surface area contributed by atoms with Crippen LogP contribution in [0, 0.1) is 0 Å². The van der Waals surface area contributed by atoms with Gasteiger partial charge in [-0.1, -0.05) is 26.0 Å². The van der Waals surface area contributed by atoms with Crippen LogP contribution >= 0.6 is 0 Å². The maximum absolute atomic E-state index is 11.2. The van der Waals surface area contributed by atoms with Crippen LogP contribution < -0.4 is 5.32 Å². The molecule has 3 nitrogen and oxygen atoms in total. The van der Waals surface area contributed by atoms with Crippen molar-refractivity contribution in [2.24, 2.45) is 0 Å². The van der Waals surface area contributed by atoms with Crippen LogP contribution in [0.3, 0.4) is 0 Å². The molecule has 3 heteroatoms. The van der Waals surface area contributed by atoms with E-state index in [-0.39, 0.29) is 5.91 Å². The van der Waals surface area contributed by atoms with Crippen LogP contribution in [-0.2, 0) is 17.6 Å². The minimum Gasteiger partial charge on any atom is -0.326 e. The molecule has 1 unspecified atom stereocenters. The van der Waals surface area contributed by atoms with Gasteiger partial charge in [-0.05, 0) is 49.5 Å². The molecule has 1 aromatic carbocycles. The molecule has 0 bridgehead atoms. The van der Waals surface area contributed by atoms with Gasteiger partial charge in [-0.15, -0.1) is 0 Å². The lowest BCUT2D eigenvalue weighted by atomic mass is 9.86. The fourth-order valence-corrected chi connectivity index (χ4v) is 3.15. The van der Waals surface area contributed by atoms with Crippen molar-refractivity contribution >= 4 is 11.6 Å². The lowest BCUT2D eigenvalue weighted by molar-refractivity contribution is -0.114. The predicted molar refractivity (Wildman–Crippen MR) is 79.5 cm³/mol. The number of nitrogens with zero attached hydrogens (tertiary/aromatic N) is 1. The van der Waals surface area contributed by atoms with Crippen molar-refractivity contribution in [3.63, 3.8) is 0 Å². The van der Waals surface area contributed by atoms with Gasteiger partial charge in [0.1, 0.15) is 0 Å². The highest BCUT2D eigenvalue weighted by atomic mass is 16.1. The van der Waals surface area contributed by atoms with Crippen LogP contribution in [0.5, 0.6) is 0 Å². The van der Waals surface area contributed by atoms with Gasteiger partial charge in [0.15, 0.2) is 0 Å². The Labute approximate surface area is 116 Å². The van der Waals surface area contributed by atoms with E-state index in [1.807, 2.05) is 6.07 Å². The number of carbonyl (C=O) groups excluding carboxylic acids is 1. The van der Waals surface area contributed by atoms with Gasteiger partial charge in [0, 0.05) is 18.7 Å². The summed E-state index contributed by atoms with van der Waals surface area (Å²) in [6, 6.07) is 6.92. The van der Waals surface area contributed by atoms with E-state index in [4.69, 9.17) is 0 Å². The van der Waals surface area contributed by atoms with Gasteiger partial charge in [-0.2, -0.15) is 0 Å². The molecule has 1 N–H and O–H groups in total. The van der Waals surface area contributed by atoms with Crippen molar-refractivity contribution < 1.29 is 4.79 Å². The van der Waals surface area contributed by atoms with Gasteiger partial charge in [0.25, 0.3) is 0 Å². The summed E-state index contributed by atoms with van der Waals surface area (Å²) >= 11 is 0. The third-order valence-electron chi connectivity index (χ3n) is 4.10. The Morgan fingerprint density at radius 2 is 2.11 bits per heavy atom. The molecule has 0 saturated heterocycles. The zero-order valence-corrected chi connectivity index (χ0v) is 12.2. The summed E-state index contributed by atoms with van der Waals surface area (Å²) in [5.41, 5.74) is 3.73. The molecule has 1 atom stereocenters. The summed E-state index contributed by atoms with van der Waals surface area (Å²) in [4.78, 5) is 13.8. The minimum absolute atomic E-state index is 0.0132. The number of fused-ring (bicyclic) bond motifs is 1. The van der Waals surface area contributed by atoms with Crippen LogP contribution in [0.15, 0.2) is 18.2 Å². The smallest absolute Gasteiger partial charge is 0.221 e. The third kappa shape index (κ3) is 3.16. The fraction of sp³-hybridized carbons (Fsp3) is 0.562. The molecule has 104 valence electrons. The quantitative estimate of drug-likeness (QED) is 0.903. The number of carbonyl (C=O) groups is 1. The monoisotopic (exact) mass is 260 g/mol. The normalized spacial score (nSPS) is 18.2. The SMILES string of the molecule is CCN(CC)C1CCc2c(cccc2NC(C)=O)C1. The van der Waals surface area contributed by atoms with Crippen LogP contribution in [0.2, 0.25) is 0 Å². The van der Waals surface area contributed by atoms with Crippen LogP contribution in [-0.4, -0.2) is 29.9 Å². The van der Waals surface area contributed by atoms with Crippen molar-refractivity contribution in [3.8, 4) is 0 Å². The van der Waals surface area contributed by atoms with E-state index in [1.165, 1.54) is 17.5 Å². The Hall–Kier alpha value is -1.35. The molecule has 0 fully saturated rings. The number of anilines is 1. The first-order valence-electron chi connectivity index (χ1n) is 7.28. The first-order chi connectivity index (χ1) is 9.15. The van der Waals surface area contributed by atoms with Gasteiger partial charge in [-0.25, -0.2) is 0 Å². The van der Waals surface area contributed by atoms with E-state index < -0.39 is 0 Å². The summed E-state index contributed by atoms with van der Waals surface area (Å²) in [6.45, 7) is 8.25. The standard InChI is InChI=1S/C16H24N2O/c1-4-18(5-2)14-9-10-15-13(11-14)7-6-8-16(15)17-12(3)19/h6-8,14H,4-5,9-11H2,1-3H3,(H,17,19). The van der Waals surface area contributed by atoms with Gasteiger partial charge in [0.05, 0.1) is 0 Å². The number of rotatable bonds is 4. The summed E-state index contributed by atoms with van der Waals surface area (Å²) in [7, 11) is 0. The van der Waals surface area contributed by atoms with E-state index in [9.17, 15) is 4.79 Å². The molecular weight excluding hydrogens is 236 g/mol. The van der Waals surface area contributed by atoms with Crippen molar-refractivity contribution in [2.75, 3.05) is 18.4 Å². The lowest BCUT2D eigenvalue weighted by Crippen LogP contribution is -2.39. The Morgan fingerprint density at radius 3 is 2.74 bits per heavy atom. The molecule has 1 aliphatic rings. The largest absolute Gasteiger partial charge is 0.326 e. The second-order valence-corrected chi connectivity index (χ2v) is 5.24. The maximum atomic E-state index is 11.2. The fourth-order valence-electron chi connectivity index (χ4n) is 3.15. The van der Waals surface area contributed by atoms with E-state index in [0.29, 0.717) is 6.04 Å². The Kier molecular flexibility index (Phi) is 4.59. The highest BCUT2D eigenvalue weighted by Gasteiger charge is 2.24. The van der Waals surface area contributed by atoms with Gasteiger partial charge < -0.3 is 10.2 Å². The topological polar surface area (TPSA) is 32.3 Å². The van der Waals surface area contributed by atoms with Crippen LogP contribution in [0.25, 0.3) is 0 Å². The average molecular weight is 260 g/mol. The minimum atomic E-state index is 0.0132. The molecule has 0 saturated carbocycles. The molecule has 0 aromatic heterocycles. The number of nitrogens with one attached hydrogen (secondary N) is 1. The highest BCUT2D eigenvalue weighted by Crippen LogP contribution is 2.30. The Balaban J connectivity index is 2.20. The summed E-state index contributed by atoms with van der Waals surface area (Å²) < 4.78 is 0. The lowest BCUT2D eigenvalue weighted by Gasteiger charge is -2.34. The Bertz CT molecular complexity index is 452. The molecule has 19 heavy (non-hydrogen) atoms. The maximum Gasteiger partial charge on any atom is 0.221 e. The van der Waals surface area contributed by atoms with Gasteiger partial charge >= 0.3 is 0 Å². The van der Waals surface area contributed by atoms with E-state index in [0.717, 1.165) is 31.6 Å². The molecule has 0 spiro atoms. The summed E-state index contributed by atoms with van der Waals surface area (Å²) in [5.74, 6) is 0.0132. The molecule has 1 aromatic rings. The molecule has 1 amide bonds. The second-order valence-electron chi connectivity index (χ2n) is 5.24. The molecular formula is C16H24N2O. The van der Waals surface area contributed by atoms with Crippen molar-refractivity contribution in [2.45, 2.75) is 46.1 Å². The molecule has 0 radical (unpaired) electrons. The highest BCUT2D eigenvalue weighted by molar-refractivity contribution is 5.89. The number of hydrogen-bond donors (Lipinski definition) is 1. The zero-order chi connectivity index (χ0) is 13.8. The number of hydrogen-bond acceptors (Lipinski definition) is 2. The number of benzene rings is 1. The molecule has 1 aliphatic carbocycles. The molecule has 0 heterocycles. The van der Waals surface area contributed by atoms with Gasteiger partial charge in [-0.3, -0.25) is 4.79 Å². The van der Waals surface area contributed by atoms with Crippen molar-refractivity contribution in [1.82, 2.24) is 4.90 Å². The van der Waals surface area contributed by atoms with Crippen molar-refractivity contribution in [3.05, 3.63) is 29.3 Å². The predicted octanol–water partition coefficient (Wildman–Crippen LogP) is 2.84. The first-order valence-corrected chi connectivity index (χ1v) is 7.28. The van der Waals surface area contributed by atoms with E-state index in [2.05, 4.69) is 36.2 Å². The number of likely N-dealkylation sites (N-methyl/N-ethyl adjacent to an activating group) is 1. The van der Waals surface area contributed by atoms with Crippen molar-refractivity contribution in [1.29, 1.82) is 0 Å². The second kappa shape index (κ2) is 6.20. The summed E-state index contributed by atoms with van der Waals surface area (Å²) in [5, 5.41) is 2.95. The van der Waals surface area contributed by atoms with Crippen LogP contribution in [0.4, 0.5) is 5.69 Å².